The number of hydrogen-bond acceptors (Lipinski definition) is 0. The fourth-order valence-electron chi connectivity index (χ4n) is 1.11. The fourth-order valence-corrected chi connectivity index (χ4v) is 1.11. The zero-order valence-electron chi connectivity index (χ0n) is 7.22. The van der Waals surface area contributed by atoms with Gasteiger partial charge in [0.05, 0.1) is 0 Å². The van der Waals surface area contributed by atoms with Gasteiger partial charge in [-0.3, -0.25) is 0 Å². The molecular formula is C11H14. The Hall–Kier alpha value is -0.960. The maximum absolute atomic E-state index is 3.13. The quantitative estimate of drug-likeness (QED) is 0.461. The number of allylic oxidation sites excluding steroid dienone is 4. The van der Waals surface area contributed by atoms with Crippen LogP contribution in [0.3, 0.4) is 0 Å². The van der Waals surface area contributed by atoms with Gasteiger partial charge in [0, 0.05) is 12.0 Å². The topological polar surface area (TPSA) is 0 Å². The van der Waals surface area contributed by atoms with E-state index in [2.05, 4.69) is 43.9 Å². The molecule has 11 heavy (non-hydrogen) atoms. The number of hydrogen-bond donors (Lipinski definition) is 0. The Kier molecular flexibility index (Phi) is 2.98. The van der Waals surface area contributed by atoms with Crippen LogP contribution in [-0.4, -0.2) is 0 Å². The van der Waals surface area contributed by atoms with Crippen molar-refractivity contribution in [1.29, 1.82) is 0 Å². The van der Waals surface area contributed by atoms with Crippen LogP contribution in [-0.2, 0) is 0 Å². The predicted octanol–water partition coefficient (Wildman–Crippen LogP) is 2.92. The molecule has 0 aliphatic heterocycles. The molecule has 1 unspecified atom stereocenters. The third-order valence-electron chi connectivity index (χ3n) is 1.68. The van der Waals surface area contributed by atoms with Crippen LogP contribution in [0.5, 0.6) is 0 Å². The second kappa shape index (κ2) is 4.03. The molecular weight excluding hydrogens is 132 g/mol. The maximum Gasteiger partial charge on any atom is 0.0204 e. The van der Waals surface area contributed by atoms with E-state index in [1.54, 1.807) is 0 Å². The van der Waals surface area contributed by atoms with E-state index in [1.807, 2.05) is 0 Å². The summed E-state index contributed by atoms with van der Waals surface area (Å²) in [5, 5.41) is 0. The van der Waals surface area contributed by atoms with Gasteiger partial charge in [-0.1, -0.05) is 43.9 Å². The summed E-state index contributed by atoms with van der Waals surface area (Å²) in [6.45, 7) is 4.29. The Bertz CT molecular complexity index is 232. The van der Waals surface area contributed by atoms with Gasteiger partial charge in [-0.25, -0.2) is 0 Å². The minimum Gasteiger partial charge on any atom is -0.0982 e. The van der Waals surface area contributed by atoms with Crippen LogP contribution in [0.1, 0.15) is 26.7 Å². The molecule has 0 aromatic carbocycles. The van der Waals surface area contributed by atoms with Gasteiger partial charge in [0.1, 0.15) is 0 Å². The van der Waals surface area contributed by atoms with E-state index < -0.39 is 0 Å². The second-order valence-electron chi connectivity index (χ2n) is 2.89. The molecule has 0 aromatic heterocycles. The molecule has 0 bridgehead atoms. The van der Waals surface area contributed by atoms with Gasteiger partial charge in [-0.15, -0.1) is 0 Å². The SMILES string of the molecule is CCC#CC1=CC(C)CC=C1. The Morgan fingerprint density at radius 3 is 3.09 bits per heavy atom. The fraction of sp³-hybridized carbons (Fsp3) is 0.455. The van der Waals surface area contributed by atoms with Crippen molar-refractivity contribution in [2.24, 2.45) is 5.92 Å². The van der Waals surface area contributed by atoms with Crippen LogP contribution >= 0.6 is 0 Å². The van der Waals surface area contributed by atoms with Crippen LogP contribution in [0.15, 0.2) is 23.8 Å². The molecule has 0 N–H and O–H groups in total. The van der Waals surface area contributed by atoms with Crippen LogP contribution in [0.2, 0.25) is 0 Å². The predicted molar refractivity (Wildman–Crippen MR) is 49.1 cm³/mol. The van der Waals surface area contributed by atoms with E-state index in [9.17, 15) is 0 Å². The third kappa shape index (κ3) is 2.63. The van der Waals surface area contributed by atoms with Crippen LogP contribution in [0.4, 0.5) is 0 Å². The van der Waals surface area contributed by atoms with Gasteiger partial charge in [-0.2, -0.15) is 0 Å². The van der Waals surface area contributed by atoms with Crippen molar-refractivity contribution < 1.29 is 0 Å². The highest BCUT2D eigenvalue weighted by molar-refractivity contribution is 5.40. The highest BCUT2D eigenvalue weighted by atomic mass is 14.0. The molecule has 58 valence electrons. The van der Waals surface area contributed by atoms with Crippen molar-refractivity contribution in [3.63, 3.8) is 0 Å². The molecule has 0 heteroatoms. The molecule has 1 rings (SSSR count). The minimum atomic E-state index is 0.668. The Morgan fingerprint density at radius 2 is 2.45 bits per heavy atom. The van der Waals surface area contributed by atoms with Crippen molar-refractivity contribution in [2.75, 3.05) is 0 Å². The first kappa shape index (κ1) is 8.14. The van der Waals surface area contributed by atoms with Crippen molar-refractivity contribution in [2.45, 2.75) is 26.7 Å². The first-order valence-corrected chi connectivity index (χ1v) is 4.20. The molecule has 0 nitrogen and oxygen atoms in total. The number of rotatable bonds is 0. The first-order chi connectivity index (χ1) is 5.33. The summed E-state index contributed by atoms with van der Waals surface area (Å²) in [6.07, 6.45) is 8.66. The van der Waals surface area contributed by atoms with E-state index in [0.717, 1.165) is 12.8 Å². The standard InChI is InChI=1S/C11H14/c1-3-4-7-11-8-5-6-10(2)9-11/h5,8-10H,3,6H2,1-2H3. The summed E-state index contributed by atoms with van der Waals surface area (Å²) in [7, 11) is 0. The normalized spacial score (nSPS) is 22.0. The minimum absolute atomic E-state index is 0.668. The molecule has 0 spiro atoms. The zero-order chi connectivity index (χ0) is 8.10. The van der Waals surface area contributed by atoms with Crippen molar-refractivity contribution in [1.82, 2.24) is 0 Å². The highest BCUT2D eigenvalue weighted by Crippen LogP contribution is 2.14. The molecule has 1 atom stereocenters. The molecule has 0 aromatic rings. The molecule has 1 aliphatic carbocycles. The average Bonchev–Trinajstić information content (AvgIpc) is 2.01. The van der Waals surface area contributed by atoms with Gasteiger partial charge in [0.25, 0.3) is 0 Å². The Morgan fingerprint density at radius 1 is 1.64 bits per heavy atom. The van der Waals surface area contributed by atoms with Crippen molar-refractivity contribution >= 4 is 0 Å². The summed E-state index contributed by atoms with van der Waals surface area (Å²) in [4.78, 5) is 0. The van der Waals surface area contributed by atoms with Crippen molar-refractivity contribution in [3.05, 3.63) is 23.8 Å². The molecule has 1 aliphatic rings. The molecule has 0 heterocycles. The van der Waals surface area contributed by atoms with Gasteiger partial charge in [0.15, 0.2) is 0 Å². The Balaban J connectivity index is 2.64. The van der Waals surface area contributed by atoms with Crippen molar-refractivity contribution in [3.8, 4) is 11.8 Å². The summed E-state index contributed by atoms with van der Waals surface area (Å²) in [5.74, 6) is 6.86. The summed E-state index contributed by atoms with van der Waals surface area (Å²) in [6, 6.07) is 0. The Labute approximate surface area is 69.0 Å². The zero-order valence-corrected chi connectivity index (χ0v) is 7.22. The first-order valence-electron chi connectivity index (χ1n) is 4.20. The molecule has 0 fully saturated rings. The summed E-state index contributed by atoms with van der Waals surface area (Å²) >= 11 is 0. The lowest BCUT2D eigenvalue weighted by Gasteiger charge is -2.06. The lowest BCUT2D eigenvalue weighted by atomic mass is 9.98. The van der Waals surface area contributed by atoms with Gasteiger partial charge in [0.2, 0.25) is 0 Å². The van der Waals surface area contributed by atoms with E-state index in [-0.39, 0.29) is 0 Å². The molecule has 0 saturated carbocycles. The summed E-state index contributed by atoms with van der Waals surface area (Å²) in [5.41, 5.74) is 1.19. The monoisotopic (exact) mass is 146 g/mol. The maximum atomic E-state index is 3.13. The van der Waals surface area contributed by atoms with Gasteiger partial charge in [-0.05, 0) is 12.3 Å². The van der Waals surface area contributed by atoms with Gasteiger partial charge < -0.3 is 0 Å². The van der Waals surface area contributed by atoms with Gasteiger partial charge >= 0.3 is 0 Å². The van der Waals surface area contributed by atoms with E-state index >= 15 is 0 Å². The average molecular weight is 146 g/mol. The molecule has 0 saturated heterocycles. The third-order valence-corrected chi connectivity index (χ3v) is 1.68. The lowest BCUT2D eigenvalue weighted by Crippen LogP contribution is -1.93. The van der Waals surface area contributed by atoms with E-state index in [0.29, 0.717) is 5.92 Å². The smallest absolute Gasteiger partial charge is 0.0204 e. The summed E-state index contributed by atoms with van der Waals surface area (Å²) < 4.78 is 0. The largest absolute Gasteiger partial charge is 0.0982 e. The van der Waals surface area contributed by atoms with E-state index in [4.69, 9.17) is 0 Å². The molecule has 0 amide bonds. The second-order valence-corrected chi connectivity index (χ2v) is 2.89. The van der Waals surface area contributed by atoms with Crippen LogP contribution in [0, 0.1) is 17.8 Å². The van der Waals surface area contributed by atoms with E-state index in [1.165, 1.54) is 5.57 Å². The lowest BCUT2D eigenvalue weighted by molar-refractivity contribution is 0.733. The molecule has 0 radical (unpaired) electrons. The van der Waals surface area contributed by atoms with Crippen LogP contribution < -0.4 is 0 Å². The van der Waals surface area contributed by atoms with Crippen LogP contribution in [0.25, 0.3) is 0 Å². The highest BCUT2D eigenvalue weighted by Gasteiger charge is 2.00.